The number of hydrogen-bond acceptors (Lipinski definition) is 3. The lowest BCUT2D eigenvalue weighted by atomic mass is 9.96. The number of carbonyl (C=O) groups is 1. The molecule has 2 heterocycles. The molecule has 0 aliphatic carbocycles. The van der Waals surface area contributed by atoms with Gasteiger partial charge in [0.15, 0.2) is 0 Å². The number of aliphatic hydroxyl groups is 1. The fourth-order valence-electron chi connectivity index (χ4n) is 2.91. The Morgan fingerprint density at radius 3 is 2.69 bits per heavy atom. The maximum absolute atomic E-state index is 12.3. The smallest absolute Gasteiger partial charge is 0.227 e. The Balaban J connectivity index is 2.04. The molecular weight excluding hydrogens is 204 g/mol. The summed E-state index contributed by atoms with van der Waals surface area (Å²) in [6.45, 7) is 6.88. The summed E-state index contributed by atoms with van der Waals surface area (Å²) in [5, 5.41) is 12.6. The minimum Gasteiger partial charge on any atom is -0.394 e. The van der Waals surface area contributed by atoms with Crippen molar-refractivity contribution in [3.05, 3.63) is 0 Å². The van der Waals surface area contributed by atoms with E-state index in [9.17, 15) is 9.90 Å². The minimum atomic E-state index is 0.0419. The molecular formula is C12H22N2O2. The Bertz CT molecular complexity index is 270. The first kappa shape index (κ1) is 11.9. The second kappa shape index (κ2) is 4.72. The van der Waals surface area contributed by atoms with Crippen LogP contribution < -0.4 is 5.32 Å². The van der Waals surface area contributed by atoms with Crippen molar-refractivity contribution in [3.63, 3.8) is 0 Å². The zero-order valence-corrected chi connectivity index (χ0v) is 10.1. The standard InChI is InChI=1S/C12H22N2O2/c1-8-3-4-14(11(8)7-15)12(16)10-6-13-5-9(10)2/h8-11,13,15H,3-7H2,1-2H3. The van der Waals surface area contributed by atoms with Crippen molar-refractivity contribution in [2.24, 2.45) is 17.8 Å². The molecule has 4 unspecified atom stereocenters. The predicted molar refractivity (Wildman–Crippen MR) is 61.9 cm³/mol. The summed E-state index contributed by atoms with van der Waals surface area (Å²) >= 11 is 0. The maximum atomic E-state index is 12.3. The van der Waals surface area contributed by atoms with Crippen LogP contribution in [0.5, 0.6) is 0 Å². The molecule has 0 radical (unpaired) electrons. The van der Waals surface area contributed by atoms with Gasteiger partial charge < -0.3 is 15.3 Å². The third-order valence-electron chi connectivity index (χ3n) is 4.19. The third kappa shape index (κ3) is 1.96. The third-order valence-corrected chi connectivity index (χ3v) is 4.19. The van der Waals surface area contributed by atoms with Gasteiger partial charge in [0.25, 0.3) is 0 Å². The van der Waals surface area contributed by atoms with Crippen molar-refractivity contribution < 1.29 is 9.90 Å². The molecule has 0 spiro atoms. The molecule has 2 saturated heterocycles. The van der Waals surface area contributed by atoms with Crippen LogP contribution in [0.2, 0.25) is 0 Å². The lowest BCUT2D eigenvalue weighted by Crippen LogP contribution is -2.44. The molecule has 0 saturated carbocycles. The van der Waals surface area contributed by atoms with Gasteiger partial charge in [-0.25, -0.2) is 0 Å². The van der Waals surface area contributed by atoms with E-state index in [0.717, 1.165) is 26.1 Å². The maximum Gasteiger partial charge on any atom is 0.227 e. The zero-order valence-electron chi connectivity index (χ0n) is 10.1. The van der Waals surface area contributed by atoms with Gasteiger partial charge in [0.1, 0.15) is 0 Å². The molecule has 2 N–H and O–H groups in total. The molecule has 0 aromatic carbocycles. The topological polar surface area (TPSA) is 52.6 Å². The number of aliphatic hydroxyl groups excluding tert-OH is 1. The Hall–Kier alpha value is -0.610. The molecule has 1 amide bonds. The van der Waals surface area contributed by atoms with E-state index in [-0.39, 0.29) is 24.5 Å². The molecule has 16 heavy (non-hydrogen) atoms. The van der Waals surface area contributed by atoms with Gasteiger partial charge in [-0.3, -0.25) is 4.79 Å². The van der Waals surface area contributed by atoms with Crippen molar-refractivity contribution in [2.45, 2.75) is 26.3 Å². The number of hydrogen-bond donors (Lipinski definition) is 2. The summed E-state index contributed by atoms with van der Waals surface area (Å²) < 4.78 is 0. The molecule has 4 heteroatoms. The molecule has 4 atom stereocenters. The Kier molecular flexibility index (Phi) is 3.50. The number of nitrogens with one attached hydrogen (secondary N) is 1. The van der Waals surface area contributed by atoms with Crippen LogP contribution in [-0.4, -0.2) is 48.2 Å². The van der Waals surface area contributed by atoms with Gasteiger partial charge in [-0.15, -0.1) is 0 Å². The Morgan fingerprint density at radius 2 is 2.12 bits per heavy atom. The van der Waals surface area contributed by atoms with Crippen LogP contribution in [0.25, 0.3) is 0 Å². The molecule has 2 aliphatic heterocycles. The molecule has 0 bridgehead atoms. The quantitative estimate of drug-likeness (QED) is 0.700. The van der Waals surface area contributed by atoms with Crippen molar-refractivity contribution in [1.82, 2.24) is 10.2 Å². The van der Waals surface area contributed by atoms with E-state index in [4.69, 9.17) is 0 Å². The Morgan fingerprint density at radius 1 is 1.38 bits per heavy atom. The van der Waals surface area contributed by atoms with Gasteiger partial charge in [-0.2, -0.15) is 0 Å². The number of rotatable bonds is 2. The highest BCUT2D eigenvalue weighted by molar-refractivity contribution is 5.80. The predicted octanol–water partition coefficient (Wildman–Crippen LogP) is 0.0712. The highest BCUT2D eigenvalue weighted by Crippen LogP contribution is 2.28. The summed E-state index contributed by atoms with van der Waals surface area (Å²) in [5.74, 6) is 1.20. The molecule has 0 aromatic heterocycles. The molecule has 2 rings (SSSR count). The first-order valence-electron chi connectivity index (χ1n) is 6.27. The lowest BCUT2D eigenvalue weighted by molar-refractivity contribution is -0.137. The van der Waals surface area contributed by atoms with Crippen molar-refractivity contribution >= 4 is 5.91 Å². The summed E-state index contributed by atoms with van der Waals surface area (Å²) in [6.07, 6.45) is 1.02. The average Bonchev–Trinajstić information content (AvgIpc) is 2.83. The highest BCUT2D eigenvalue weighted by atomic mass is 16.3. The van der Waals surface area contributed by atoms with Crippen LogP contribution in [0.15, 0.2) is 0 Å². The van der Waals surface area contributed by atoms with E-state index in [0.29, 0.717) is 11.8 Å². The number of likely N-dealkylation sites (tertiary alicyclic amines) is 1. The number of carbonyl (C=O) groups excluding carboxylic acids is 1. The van der Waals surface area contributed by atoms with Gasteiger partial charge in [0.2, 0.25) is 5.91 Å². The van der Waals surface area contributed by atoms with E-state index < -0.39 is 0 Å². The molecule has 2 aliphatic rings. The number of amides is 1. The second-order valence-electron chi connectivity index (χ2n) is 5.29. The van der Waals surface area contributed by atoms with E-state index in [1.54, 1.807) is 0 Å². The summed E-state index contributed by atoms with van der Waals surface area (Å²) in [6, 6.07) is 0.0419. The molecule has 2 fully saturated rings. The minimum absolute atomic E-state index is 0.0419. The fraction of sp³-hybridized carbons (Fsp3) is 0.917. The highest BCUT2D eigenvalue weighted by Gasteiger charge is 2.39. The van der Waals surface area contributed by atoms with Crippen LogP contribution in [-0.2, 0) is 4.79 Å². The number of nitrogens with zero attached hydrogens (tertiary/aromatic N) is 1. The van der Waals surface area contributed by atoms with Crippen LogP contribution in [0.3, 0.4) is 0 Å². The van der Waals surface area contributed by atoms with E-state index in [2.05, 4.69) is 19.2 Å². The second-order valence-corrected chi connectivity index (χ2v) is 5.29. The SMILES string of the molecule is CC1CNCC1C(=O)N1CCC(C)C1CO. The molecule has 4 nitrogen and oxygen atoms in total. The van der Waals surface area contributed by atoms with E-state index in [1.807, 2.05) is 4.90 Å². The molecule has 0 aromatic rings. The van der Waals surface area contributed by atoms with Crippen molar-refractivity contribution in [3.8, 4) is 0 Å². The normalized spacial score (nSPS) is 39.3. The Labute approximate surface area is 97.0 Å². The van der Waals surface area contributed by atoms with Gasteiger partial charge in [-0.1, -0.05) is 13.8 Å². The van der Waals surface area contributed by atoms with Crippen molar-refractivity contribution in [2.75, 3.05) is 26.2 Å². The summed E-state index contributed by atoms with van der Waals surface area (Å²) in [5.41, 5.74) is 0. The fourth-order valence-corrected chi connectivity index (χ4v) is 2.91. The van der Waals surface area contributed by atoms with Crippen LogP contribution in [0.4, 0.5) is 0 Å². The summed E-state index contributed by atoms with van der Waals surface area (Å²) in [4.78, 5) is 14.2. The van der Waals surface area contributed by atoms with Gasteiger partial charge in [0.05, 0.1) is 18.6 Å². The van der Waals surface area contributed by atoms with Gasteiger partial charge >= 0.3 is 0 Å². The van der Waals surface area contributed by atoms with E-state index in [1.165, 1.54) is 0 Å². The lowest BCUT2D eigenvalue weighted by Gasteiger charge is -2.28. The first-order valence-corrected chi connectivity index (χ1v) is 6.27. The average molecular weight is 226 g/mol. The summed E-state index contributed by atoms with van der Waals surface area (Å²) in [7, 11) is 0. The van der Waals surface area contributed by atoms with Crippen LogP contribution >= 0.6 is 0 Å². The van der Waals surface area contributed by atoms with Crippen LogP contribution in [0.1, 0.15) is 20.3 Å². The van der Waals surface area contributed by atoms with Gasteiger partial charge in [-0.05, 0) is 24.8 Å². The first-order chi connectivity index (χ1) is 7.65. The van der Waals surface area contributed by atoms with Crippen molar-refractivity contribution in [1.29, 1.82) is 0 Å². The monoisotopic (exact) mass is 226 g/mol. The zero-order chi connectivity index (χ0) is 11.7. The van der Waals surface area contributed by atoms with E-state index >= 15 is 0 Å². The van der Waals surface area contributed by atoms with Crippen LogP contribution in [0, 0.1) is 17.8 Å². The molecule has 92 valence electrons. The largest absolute Gasteiger partial charge is 0.394 e. The van der Waals surface area contributed by atoms with Gasteiger partial charge in [0, 0.05) is 13.1 Å².